The van der Waals surface area contributed by atoms with Crippen LogP contribution in [0.5, 0.6) is 0 Å². The van der Waals surface area contributed by atoms with Crippen molar-refractivity contribution in [1.29, 1.82) is 0 Å². The number of hydrogen-bond donors (Lipinski definition) is 2. The number of nitrogens with one attached hydrogen (secondary N) is 1. The lowest BCUT2D eigenvalue weighted by Gasteiger charge is -2.47. The van der Waals surface area contributed by atoms with E-state index in [0.717, 1.165) is 6.61 Å². The average molecular weight is 233 g/mol. The molecule has 1 saturated carbocycles. The van der Waals surface area contributed by atoms with Gasteiger partial charge in [-0.2, -0.15) is 0 Å². The number of fused-ring (bicyclic) bond motifs is 1. The molecule has 4 nitrogen and oxygen atoms in total. The quantitative estimate of drug-likeness (QED) is 0.817. The van der Waals surface area contributed by atoms with E-state index >= 15 is 0 Å². The Morgan fingerprint density at radius 2 is 1.94 bits per heavy atom. The molecule has 4 unspecified atom stereocenters. The molecule has 3 rings (SSSR count). The van der Waals surface area contributed by atoms with Gasteiger partial charge in [-0.05, 0) is 11.5 Å². The van der Waals surface area contributed by atoms with Gasteiger partial charge in [-0.3, -0.25) is 0 Å². The van der Waals surface area contributed by atoms with Crippen LogP contribution in [-0.2, 0) is 4.74 Å². The third-order valence-corrected chi connectivity index (χ3v) is 3.95. The van der Waals surface area contributed by atoms with Gasteiger partial charge in [-0.1, -0.05) is 30.3 Å². The van der Waals surface area contributed by atoms with Gasteiger partial charge in [0.1, 0.15) is 0 Å². The van der Waals surface area contributed by atoms with E-state index in [2.05, 4.69) is 17.4 Å². The first-order valence-corrected chi connectivity index (χ1v) is 5.89. The number of carboxylic acid groups (broad SMARTS) is 1. The zero-order valence-corrected chi connectivity index (χ0v) is 9.37. The molecular weight excluding hydrogens is 218 g/mol. The Bertz CT molecular complexity index is 420. The summed E-state index contributed by atoms with van der Waals surface area (Å²) in [5, 5.41) is 11.5. The summed E-state index contributed by atoms with van der Waals surface area (Å²) in [6.45, 7) is 1.43. The summed E-state index contributed by atoms with van der Waals surface area (Å²) < 4.78 is 5.46. The number of rotatable bonds is 2. The summed E-state index contributed by atoms with van der Waals surface area (Å²) in [6, 6.07) is 10.1. The van der Waals surface area contributed by atoms with Crippen LogP contribution >= 0.6 is 0 Å². The molecule has 17 heavy (non-hydrogen) atoms. The van der Waals surface area contributed by atoms with E-state index < -0.39 is 6.09 Å². The molecule has 0 bridgehead atoms. The van der Waals surface area contributed by atoms with E-state index in [0.29, 0.717) is 18.4 Å². The molecule has 0 aromatic heterocycles. The molecule has 1 aromatic rings. The fourth-order valence-electron chi connectivity index (χ4n) is 3.18. The molecule has 0 radical (unpaired) electrons. The van der Waals surface area contributed by atoms with E-state index in [4.69, 9.17) is 9.84 Å². The van der Waals surface area contributed by atoms with Gasteiger partial charge < -0.3 is 15.2 Å². The largest absolute Gasteiger partial charge is 0.465 e. The van der Waals surface area contributed by atoms with Gasteiger partial charge in [0.05, 0.1) is 13.2 Å². The SMILES string of the molecule is O=C(O)NC1C2COCC2C1c1ccccc1. The minimum atomic E-state index is -0.943. The predicted octanol–water partition coefficient (Wildman–Crippen LogP) is 1.68. The maximum atomic E-state index is 10.8. The molecule has 1 amide bonds. The second-order valence-corrected chi connectivity index (χ2v) is 4.78. The average Bonchev–Trinajstić information content (AvgIpc) is 2.72. The third kappa shape index (κ3) is 1.69. The Kier molecular flexibility index (Phi) is 2.52. The minimum absolute atomic E-state index is 0.00222. The molecule has 4 atom stereocenters. The predicted molar refractivity (Wildman–Crippen MR) is 61.9 cm³/mol. The van der Waals surface area contributed by atoms with E-state index in [-0.39, 0.29) is 12.0 Å². The second kappa shape index (κ2) is 4.04. The lowest BCUT2D eigenvalue weighted by atomic mass is 9.60. The van der Waals surface area contributed by atoms with Crippen LogP contribution in [-0.4, -0.2) is 30.5 Å². The van der Waals surface area contributed by atoms with Crippen molar-refractivity contribution in [2.24, 2.45) is 11.8 Å². The van der Waals surface area contributed by atoms with Gasteiger partial charge in [0.15, 0.2) is 0 Å². The van der Waals surface area contributed by atoms with Gasteiger partial charge in [-0.25, -0.2) is 4.79 Å². The van der Waals surface area contributed by atoms with Gasteiger partial charge >= 0.3 is 6.09 Å². The summed E-state index contributed by atoms with van der Waals surface area (Å²) in [7, 11) is 0. The summed E-state index contributed by atoms with van der Waals surface area (Å²) in [6.07, 6.45) is -0.943. The third-order valence-electron chi connectivity index (χ3n) is 3.95. The van der Waals surface area contributed by atoms with Crippen molar-refractivity contribution >= 4 is 6.09 Å². The van der Waals surface area contributed by atoms with Crippen molar-refractivity contribution in [2.75, 3.05) is 13.2 Å². The highest BCUT2D eigenvalue weighted by Crippen LogP contribution is 2.50. The highest BCUT2D eigenvalue weighted by molar-refractivity contribution is 5.65. The number of hydrogen-bond acceptors (Lipinski definition) is 2. The van der Waals surface area contributed by atoms with E-state index in [1.54, 1.807) is 0 Å². The van der Waals surface area contributed by atoms with Crippen molar-refractivity contribution in [3.8, 4) is 0 Å². The van der Waals surface area contributed by atoms with Crippen LogP contribution in [0.1, 0.15) is 11.5 Å². The molecule has 1 saturated heterocycles. The summed E-state index contributed by atoms with van der Waals surface area (Å²) >= 11 is 0. The van der Waals surface area contributed by atoms with Crippen LogP contribution in [0.25, 0.3) is 0 Å². The van der Waals surface area contributed by atoms with Crippen LogP contribution in [0.4, 0.5) is 4.79 Å². The molecule has 90 valence electrons. The van der Waals surface area contributed by atoms with Crippen LogP contribution in [0.3, 0.4) is 0 Å². The first kappa shape index (κ1) is 10.6. The monoisotopic (exact) mass is 233 g/mol. The number of benzene rings is 1. The van der Waals surface area contributed by atoms with Gasteiger partial charge in [0.25, 0.3) is 0 Å². The van der Waals surface area contributed by atoms with E-state index in [1.165, 1.54) is 5.56 Å². The van der Waals surface area contributed by atoms with Crippen LogP contribution in [0.15, 0.2) is 30.3 Å². The molecule has 4 heteroatoms. The van der Waals surface area contributed by atoms with Crippen LogP contribution < -0.4 is 5.32 Å². The lowest BCUT2D eigenvalue weighted by Crippen LogP contribution is -2.57. The van der Waals surface area contributed by atoms with Gasteiger partial charge in [-0.15, -0.1) is 0 Å². The Morgan fingerprint density at radius 3 is 2.65 bits per heavy atom. The fourth-order valence-corrected chi connectivity index (χ4v) is 3.18. The lowest BCUT2D eigenvalue weighted by molar-refractivity contribution is 0.104. The van der Waals surface area contributed by atoms with E-state index in [1.807, 2.05) is 18.2 Å². The number of amides is 1. The minimum Gasteiger partial charge on any atom is -0.465 e. The highest BCUT2D eigenvalue weighted by atomic mass is 16.5. The number of carbonyl (C=O) groups is 1. The molecular formula is C13H15NO3. The Balaban J connectivity index is 1.84. The molecule has 2 aliphatic rings. The van der Waals surface area contributed by atoms with Crippen LogP contribution in [0, 0.1) is 11.8 Å². The number of ether oxygens (including phenoxy) is 1. The molecule has 1 aliphatic carbocycles. The molecule has 1 aromatic carbocycles. The van der Waals surface area contributed by atoms with Gasteiger partial charge in [0.2, 0.25) is 0 Å². The summed E-state index contributed by atoms with van der Waals surface area (Å²) in [5.74, 6) is 1.07. The van der Waals surface area contributed by atoms with Crippen molar-refractivity contribution in [2.45, 2.75) is 12.0 Å². The zero-order valence-electron chi connectivity index (χ0n) is 9.37. The molecule has 2 N–H and O–H groups in total. The standard InChI is InChI=1S/C13H15NO3/c15-13(16)14-12-10-7-17-6-9(10)11(12)8-4-2-1-3-5-8/h1-5,9-12,14H,6-7H2,(H,15,16). The molecule has 2 fully saturated rings. The second-order valence-electron chi connectivity index (χ2n) is 4.78. The van der Waals surface area contributed by atoms with Crippen LogP contribution in [0.2, 0.25) is 0 Å². The zero-order chi connectivity index (χ0) is 11.8. The summed E-state index contributed by atoms with van der Waals surface area (Å²) in [4.78, 5) is 10.8. The molecule has 0 spiro atoms. The smallest absolute Gasteiger partial charge is 0.404 e. The molecule has 1 aliphatic heterocycles. The van der Waals surface area contributed by atoms with E-state index in [9.17, 15) is 4.79 Å². The van der Waals surface area contributed by atoms with Crippen molar-refractivity contribution in [1.82, 2.24) is 5.32 Å². The Hall–Kier alpha value is -1.55. The summed E-state index contributed by atoms with van der Waals surface area (Å²) in [5.41, 5.74) is 1.21. The first-order valence-electron chi connectivity index (χ1n) is 5.89. The maximum absolute atomic E-state index is 10.8. The normalized spacial score (nSPS) is 34.8. The topological polar surface area (TPSA) is 58.6 Å². The van der Waals surface area contributed by atoms with Gasteiger partial charge in [0, 0.05) is 17.9 Å². The van der Waals surface area contributed by atoms with Crippen molar-refractivity contribution in [3.63, 3.8) is 0 Å². The Labute approximate surface area is 99.6 Å². The van der Waals surface area contributed by atoms with Crippen molar-refractivity contribution < 1.29 is 14.6 Å². The highest BCUT2D eigenvalue weighted by Gasteiger charge is 2.54. The fraction of sp³-hybridized carbons (Fsp3) is 0.462. The first-order chi connectivity index (χ1) is 8.27. The Morgan fingerprint density at radius 1 is 1.24 bits per heavy atom. The molecule has 1 heterocycles. The maximum Gasteiger partial charge on any atom is 0.404 e. The van der Waals surface area contributed by atoms with Crippen molar-refractivity contribution in [3.05, 3.63) is 35.9 Å².